The summed E-state index contributed by atoms with van der Waals surface area (Å²) in [5.41, 5.74) is 6.24. The van der Waals surface area contributed by atoms with E-state index < -0.39 is 24.0 Å². The number of hydrogen-bond acceptors (Lipinski definition) is 3. The minimum absolute atomic E-state index is 0.0255. The SMILES string of the molecule is Cn1cc(S(=O)(=O)NCc2ccc([Si](C)(C)C)cc2)cc1C(N)=O. The number of carbonyl (C=O) groups is 1. The second-order valence-corrected chi connectivity index (χ2v) is 13.7. The van der Waals surface area contributed by atoms with E-state index >= 15 is 0 Å². The monoisotopic (exact) mass is 365 g/mol. The van der Waals surface area contributed by atoms with E-state index in [2.05, 4.69) is 36.5 Å². The zero-order valence-corrected chi connectivity index (χ0v) is 16.1. The number of nitrogens with one attached hydrogen (secondary N) is 1. The zero-order chi connectivity index (χ0) is 18.1. The molecule has 1 aromatic carbocycles. The molecule has 1 aromatic heterocycles. The molecule has 24 heavy (non-hydrogen) atoms. The summed E-state index contributed by atoms with van der Waals surface area (Å²) in [4.78, 5) is 11.3. The number of carbonyl (C=O) groups excluding carboxylic acids is 1. The van der Waals surface area contributed by atoms with Crippen molar-refractivity contribution in [3.05, 3.63) is 47.8 Å². The fourth-order valence-electron chi connectivity index (χ4n) is 2.31. The number of nitrogens with two attached hydrogens (primary N) is 1. The van der Waals surface area contributed by atoms with Crippen LogP contribution in [0.2, 0.25) is 19.6 Å². The Morgan fingerprint density at radius 3 is 2.25 bits per heavy atom. The van der Waals surface area contributed by atoms with E-state index in [1.807, 2.05) is 12.1 Å². The average molecular weight is 366 g/mol. The molecule has 130 valence electrons. The van der Waals surface area contributed by atoms with Crippen molar-refractivity contribution in [3.63, 3.8) is 0 Å². The van der Waals surface area contributed by atoms with Gasteiger partial charge in [0.25, 0.3) is 5.91 Å². The smallest absolute Gasteiger partial charge is 0.265 e. The Kier molecular flexibility index (Phi) is 5.02. The molecule has 2 aromatic rings. The van der Waals surface area contributed by atoms with Crippen molar-refractivity contribution in [2.45, 2.75) is 31.1 Å². The van der Waals surface area contributed by atoms with Gasteiger partial charge in [-0.25, -0.2) is 13.1 Å². The molecule has 1 amide bonds. The van der Waals surface area contributed by atoms with E-state index in [-0.39, 0.29) is 17.1 Å². The first-order valence-corrected chi connectivity index (χ1v) is 12.5. The molecule has 2 rings (SSSR count). The minimum Gasteiger partial charge on any atom is -0.364 e. The molecule has 0 aliphatic carbocycles. The Bertz CT molecular complexity index is 850. The van der Waals surface area contributed by atoms with E-state index in [4.69, 9.17) is 5.73 Å². The predicted molar refractivity (Wildman–Crippen MR) is 97.4 cm³/mol. The summed E-state index contributed by atoms with van der Waals surface area (Å²) < 4.78 is 28.7. The first kappa shape index (κ1) is 18.4. The first-order chi connectivity index (χ1) is 11.0. The van der Waals surface area contributed by atoms with Gasteiger partial charge in [-0.15, -0.1) is 0 Å². The van der Waals surface area contributed by atoms with Crippen LogP contribution in [0.15, 0.2) is 41.4 Å². The summed E-state index contributed by atoms with van der Waals surface area (Å²) in [6.07, 6.45) is 1.37. The topological polar surface area (TPSA) is 94.2 Å². The van der Waals surface area contributed by atoms with Crippen LogP contribution in [0.1, 0.15) is 16.1 Å². The number of benzene rings is 1. The second-order valence-electron chi connectivity index (χ2n) is 6.81. The molecule has 1 heterocycles. The Morgan fingerprint density at radius 2 is 1.79 bits per heavy atom. The Hall–Kier alpha value is -1.90. The lowest BCUT2D eigenvalue weighted by molar-refractivity contribution is 0.0992. The zero-order valence-electron chi connectivity index (χ0n) is 14.3. The van der Waals surface area contributed by atoms with Crippen LogP contribution in [0.5, 0.6) is 0 Å². The molecular weight excluding hydrogens is 342 g/mol. The first-order valence-electron chi connectivity index (χ1n) is 7.56. The van der Waals surface area contributed by atoms with E-state index in [1.165, 1.54) is 22.0 Å². The maximum Gasteiger partial charge on any atom is 0.265 e. The van der Waals surface area contributed by atoms with Gasteiger partial charge in [0, 0.05) is 19.8 Å². The highest BCUT2D eigenvalue weighted by molar-refractivity contribution is 7.89. The van der Waals surface area contributed by atoms with Gasteiger partial charge >= 0.3 is 0 Å². The molecule has 0 unspecified atom stereocenters. The van der Waals surface area contributed by atoms with E-state index in [0.29, 0.717) is 0 Å². The van der Waals surface area contributed by atoms with Gasteiger partial charge < -0.3 is 10.3 Å². The lowest BCUT2D eigenvalue weighted by Gasteiger charge is -2.16. The summed E-state index contributed by atoms with van der Waals surface area (Å²) in [7, 11) is -3.49. The Balaban J connectivity index is 2.13. The molecule has 0 spiro atoms. The van der Waals surface area contributed by atoms with Crippen LogP contribution in [0.25, 0.3) is 0 Å². The standard InChI is InChI=1S/C16H23N3O3SSi/c1-19-11-13(9-15(19)16(17)20)23(21,22)18-10-12-5-7-14(8-6-12)24(2,3)4/h5-9,11,18H,10H2,1-4H3,(H2,17,20). The highest BCUT2D eigenvalue weighted by Gasteiger charge is 2.20. The number of aromatic nitrogens is 1. The predicted octanol–water partition coefficient (Wildman–Crippen LogP) is 1.15. The molecule has 6 nitrogen and oxygen atoms in total. The molecular formula is C16H23N3O3SSi. The molecule has 0 aliphatic rings. The molecule has 8 heteroatoms. The lowest BCUT2D eigenvalue weighted by atomic mass is 10.2. The van der Waals surface area contributed by atoms with Crippen LogP contribution in [0, 0.1) is 0 Å². The van der Waals surface area contributed by atoms with Crippen molar-refractivity contribution in [3.8, 4) is 0 Å². The number of hydrogen-bond donors (Lipinski definition) is 2. The quantitative estimate of drug-likeness (QED) is 0.752. The fraction of sp³-hybridized carbons (Fsp3) is 0.312. The van der Waals surface area contributed by atoms with Gasteiger partial charge in [0.15, 0.2) is 0 Å². The lowest BCUT2D eigenvalue weighted by Crippen LogP contribution is -2.37. The highest BCUT2D eigenvalue weighted by Crippen LogP contribution is 2.14. The van der Waals surface area contributed by atoms with E-state index in [1.54, 1.807) is 7.05 Å². The maximum absolute atomic E-state index is 12.4. The largest absolute Gasteiger partial charge is 0.364 e. The van der Waals surface area contributed by atoms with Crippen molar-refractivity contribution < 1.29 is 13.2 Å². The maximum atomic E-state index is 12.4. The molecule has 0 saturated heterocycles. The van der Waals surface area contributed by atoms with Crippen molar-refractivity contribution in [2.75, 3.05) is 0 Å². The van der Waals surface area contributed by atoms with Gasteiger partial charge in [0.2, 0.25) is 10.0 Å². The van der Waals surface area contributed by atoms with Crippen molar-refractivity contribution in [2.24, 2.45) is 12.8 Å². The third-order valence-electron chi connectivity index (χ3n) is 3.83. The Morgan fingerprint density at radius 1 is 1.21 bits per heavy atom. The fourth-order valence-corrected chi connectivity index (χ4v) is 4.56. The van der Waals surface area contributed by atoms with Crippen LogP contribution in [-0.2, 0) is 23.6 Å². The third kappa shape index (κ3) is 4.14. The molecule has 0 saturated carbocycles. The Labute approximate surface area is 143 Å². The average Bonchev–Trinajstić information content (AvgIpc) is 2.88. The normalized spacial score (nSPS) is 12.3. The number of rotatable bonds is 6. The molecule has 3 N–H and O–H groups in total. The minimum atomic E-state index is -3.70. The number of amides is 1. The van der Waals surface area contributed by atoms with Gasteiger partial charge in [-0.05, 0) is 11.6 Å². The number of nitrogens with zero attached hydrogens (tertiary/aromatic N) is 1. The molecule has 0 radical (unpaired) electrons. The van der Waals surface area contributed by atoms with Gasteiger partial charge in [-0.3, -0.25) is 4.79 Å². The van der Waals surface area contributed by atoms with Gasteiger partial charge in [-0.2, -0.15) is 0 Å². The van der Waals surface area contributed by atoms with Crippen LogP contribution in [0.3, 0.4) is 0 Å². The van der Waals surface area contributed by atoms with Crippen LogP contribution in [-0.4, -0.2) is 27.0 Å². The summed E-state index contributed by atoms with van der Waals surface area (Å²) in [6.45, 7) is 6.97. The molecule has 0 aliphatic heterocycles. The van der Waals surface area contributed by atoms with Crippen LogP contribution >= 0.6 is 0 Å². The summed E-state index contributed by atoms with van der Waals surface area (Å²) >= 11 is 0. The summed E-state index contributed by atoms with van der Waals surface area (Å²) in [6, 6.07) is 9.28. The van der Waals surface area contributed by atoms with Gasteiger partial charge in [0.1, 0.15) is 10.6 Å². The van der Waals surface area contributed by atoms with Crippen LogP contribution < -0.4 is 15.6 Å². The van der Waals surface area contributed by atoms with Crippen molar-refractivity contribution in [1.82, 2.24) is 9.29 Å². The molecule has 0 atom stereocenters. The molecule has 0 bridgehead atoms. The van der Waals surface area contributed by atoms with Crippen molar-refractivity contribution in [1.29, 1.82) is 0 Å². The second kappa shape index (κ2) is 6.54. The summed E-state index contributed by atoms with van der Waals surface area (Å²) in [5.74, 6) is -0.666. The van der Waals surface area contributed by atoms with E-state index in [0.717, 1.165) is 5.56 Å². The molecule has 0 fully saturated rings. The number of aryl methyl sites for hydroxylation is 1. The van der Waals surface area contributed by atoms with Crippen molar-refractivity contribution >= 4 is 29.2 Å². The highest BCUT2D eigenvalue weighted by atomic mass is 32.2. The number of sulfonamides is 1. The van der Waals surface area contributed by atoms with Gasteiger partial charge in [0.05, 0.1) is 8.07 Å². The van der Waals surface area contributed by atoms with Gasteiger partial charge in [-0.1, -0.05) is 49.1 Å². The van der Waals surface area contributed by atoms with E-state index in [9.17, 15) is 13.2 Å². The van der Waals surface area contributed by atoms with Crippen LogP contribution in [0.4, 0.5) is 0 Å². The number of primary amides is 1. The summed E-state index contributed by atoms with van der Waals surface area (Å²) in [5, 5.41) is 1.32. The third-order valence-corrected chi connectivity index (χ3v) is 7.26.